The van der Waals surface area contributed by atoms with Crippen molar-refractivity contribution in [1.82, 2.24) is 9.97 Å². The topological polar surface area (TPSA) is 25.8 Å². The van der Waals surface area contributed by atoms with Crippen LogP contribution in [0.1, 0.15) is 82.8 Å². The van der Waals surface area contributed by atoms with Crippen molar-refractivity contribution >= 4 is 0 Å². The first-order chi connectivity index (χ1) is 14.2. The summed E-state index contributed by atoms with van der Waals surface area (Å²) in [7, 11) is 0. The Morgan fingerprint density at radius 2 is 1.48 bits per heavy atom. The van der Waals surface area contributed by atoms with Crippen LogP contribution in [0.2, 0.25) is 0 Å². The van der Waals surface area contributed by atoms with Gasteiger partial charge in [-0.1, -0.05) is 82.4 Å². The standard InChI is InChI=1S/C27H38N2/c1-4-6-25-19-28-27(29-20-25)26-17-15-24(16-18-26)14-13-23-11-9-22(10-12-23)8-7-21(3)5-2/h15-20,22-23H,3-14H2,1-2H3. The average molecular weight is 391 g/mol. The van der Waals surface area contributed by atoms with Crippen molar-refractivity contribution in [3.05, 3.63) is 59.9 Å². The van der Waals surface area contributed by atoms with Gasteiger partial charge in [0.2, 0.25) is 0 Å². The monoisotopic (exact) mass is 390 g/mol. The third-order valence-electron chi connectivity index (χ3n) is 6.67. The number of hydrogen-bond acceptors (Lipinski definition) is 2. The third kappa shape index (κ3) is 6.80. The molecule has 1 aromatic heterocycles. The van der Waals surface area contributed by atoms with Crippen molar-refractivity contribution in [1.29, 1.82) is 0 Å². The van der Waals surface area contributed by atoms with Crippen molar-refractivity contribution in [3.63, 3.8) is 0 Å². The van der Waals surface area contributed by atoms with E-state index >= 15 is 0 Å². The number of allylic oxidation sites excluding steroid dienone is 1. The van der Waals surface area contributed by atoms with Crippen LogP contribution in [-0.2, 0) is 12.8 Å². The number of benzene rings is 1. The van der Waals surface area contributed by atoms with Crippen LogP contribution < -0.4 is 0 Å². The van der Waals surface area contributed by atoms with Gasteiger partial charge < -0.3 is 0 Å². The van der Waals surface area contributed by atoms with E-state index in [4.69, 9.17) is 0 Å². The average Bonchev–Trinajstić information content (AvgIpc) is 2.78. The molecule has 0 spiro atoms. The maximum atomic E-state index is 4.54. The van der Waals surface area contributed by atoms with Crippen LogP contribution in [0, 0.1) is 11.8 Å². The molecule has 1 aromatic carbocycles. The molecule has 156 valence electrons. The molecule has 0 bridgehead atoms. The van der Waals surface area contributed by atoms with Gasteiger partial charge in [0.1, 0.15) is 0 Å². The highest BCUT2D eigenvalue weighted by Gasteiger charge is 2.20. The number of rotatable bonds is 10. The van der Waals surface area contributed by atoms with Crippen molar-refractivity contribution in [3.8, 4) is 11.4 Å². The van der Waals surface area contributed by atoms with Crippen LogP contribution in [0.25, 0.3) is 11.4 Å². The van der Waals surface area contributed by atoms with Crippen LogP contribution in [0.15, 0.2) is 48.8 Å². The molecule has 0 saturated heterocycles. The summed E-state index contributed by atoms with van der Waals surface area (Å²) in [5.41, 5.74) is 5.21. The minimum atomic E-state index is 0.834. The lowest BCUT2D eigenvalue weighted by Gasteiger charge is -2.28. The van der Waals surface area contributed by atoms with Crippen LogP contribution in [-0.4, -0.2) is 9.97 Å². The van der Waals surface area contributed by atoms with Gasteiger partial charge in [-0.15, -0.1) is 0 Å². The summed E-state index contributed by atoms with van der Waals surface area (Å²) in [5.74, 6) is 2.69. The molecule has 1 saturated carbocycles. The van der Waals surface area contributed by atoms with Gasteiger partial charge in [-0.2, -0.15) is 0 Å². The molecule has 0 atom stereocenters. The lowest BCUT2D eigenvalue weighted by atomic mass is 9.77. The second-order valence-corrected chi connectivity index (χ2v) is 8.93. The summed E-state index contributed by atoms with van der Waals surface area (Å²) in [5, 5.41) is 0. The SMILES string of the molecule is C=C(CC)CCC1CCC(CCc2ccc(-c3ncc(CCC)cn3)cc2)CC1. The predicted molar refractivity (Wildman–Crippen MR) is 124 cm³/mol. The highest BCUT2D eigenvalue weighted by molar-refractivity contribution is 5.55. The molecule has 1 fully saturated rings. The Balaban J connectivity index is 1.42. The van der Waals surface area contributed by atoms with Gasteiger partial charge in [-0.3, -0.25) is 0 Å². The molecule has 0 N–H and O–H groups in total. The molecule has 29 heavy (non-hydrogen) atoms. The first kappa shape index (κ1) is 21.7. The fraction of sp³-hybridized carbons (Fsp3) is 0.556. The maximum Gasteiger partial charge on any atom is 0.159 e. The Labute approximate surface area is 177 Å². The smallest absolute Gasteiger partial charge is 0.159 e. The zero-order chi connectivity index (χ0) is 20.5. The minimum Gasteiger partial charge on any atom is -0.236 e. The molecule has 3 rings (SSSR count). The van der Waals surface area contributed by atoms with E-state index in [2.05, 4.69) is 54.7 Å². The Bertz CT molecular complexity index is 737. The normalized spacial score (nSPS) is 19.2. The van der Waals surface area contributed by atoms with E-state index in [-0.39, 0.29) is 0 Å². The molecule has 0 radical (unpaired) electrons. The molecular formula is C27H38N2. The highest BCUT2D eigenvalue weighted by Crippen LogP contribution is 2.34. The second-order valence-electron chi connectivity index (χ2n) is 8.93. The summed E-state index contributed by atoms with van der Waals surface area (Å²) >= 11 is 0. The van der Waals surface area contributed by atoms with Crippen molar-refractivity contribution < 1.29 is 0 Å². The second kappa shape index (κ2) is 11.3. The summed E-state index contributed by atoms with van der Waals surface area (Å²) in [6.07, 6.45) is 18.1. The molecule has 1 heterocycles. The summed E-state index contributed by atoms with van der Waals surface area (Å²) in [4.78, 5) is 9.08. The maximum absolute atomic E-state index is 4.54. The van der Waals surface area contributed by atoms with E-state index in [1.165, 1.54) is 68.1 Å². The van der Waals surface area contributed by atoms with E-state index < -0.39 is 0 Å². The molecule has 1 aliphatic carbocycles. The van der Waals surface area contributed by atoms with E-state index in [0.717, 1.165) is 42.5 Å². The predicted octanol–water partition coefficient (Wildman–Crippen LogP) is 7.58. The van der Waals surface area contributed by atoms with Gasteiger partial charge in [-0.05, 0) is 61.5 Å². The lowest BCUT2D eigenvalue weighted by Crippen LogP contribution is -2.15. The minimum absolute atomic E-state index is 0.834. The molecule has 1 aliphatic rings. The molecule has 2 nitrogen and oxygen atoms in total. The quantitative estimate of drug-likeness (QED) is 0.391. The molecular weight excluding hydrogens is 352 g/mol. The Morgan fingerprint density at radius 1 is 0.862 bits per heavy atom. The molecule has 2 heteroatoms. The number of aryl methyl sites for hydroxylation is 2. The van der Waals surface area contributed by atoms with Gasteiger partial charge in [0.05, 0.1) is 0 Å². The Kier molecular flexibility index (Phi) is 8.46. The first-order valence-corrected chi connectivity index (χ1v) is 11.7. The summed E-state index contributed by atoms with van der Waals surface area (Å²) in [6.45, 7) is 8.57. The third-order valence-corrected chi connectivity index (χ3v) is 6.67. The highest BCUT2D eigenvalue weighted by atomic mass is 14.9. The molecule has 0 amide bonds. The molecule has 0 aliphatic heterocycles. The number of aromatic nitrogens is 2. The fourth-order valence-electron chi connectivity index (χ4n) is 4.51. The Hall–Kier alpha value is -1.96. The lowest BCUT2D eigenvalue weighted by molar-refractivity contribution is 0.253. The summed E-state index contributed by atoms with van der Waals surface area (Å²) in [6, 6.07) is 8.89. The van der Waals surface area contributed by atoms with Crippen molar-refractivity contribution in [2.24, 2.45) is 11.8 Å². The molecule has 2 aromatic rings. The molecule has 0 unspecified atom stereocenters. The summed E-state index contributed by atoms with van der Waals surface area (Å²) < 4.78 is 0. The largest absolute Gasteiger partial charge is 0.236 e. The zero-order valence-corrected chi connectivity index (χ0v) is 18.5. The van der Waals surface area contributed by atoms with Crippen LogP contribution in [0.3, 0.4) is 0 Å². The van der Waals surface area contributed by atoms with E-state index in [1.54, 1.807) is 0 Å². The van der Waals surface area contributed by atoms with Gasteiger partial charge in [-0.25, -0.2) is 9.97 Å². The first-order valence-electron chi connectivity index (χ1n) is 11.7. The van der Waals surface area contributed by atoms with Gasteiger partial charge in [0.25, 0.3) is 0 Å². The van der Waals surface area contributed by atoms with E-state index in [9.17, 15) is 0 Å². The van der Waals surface area contributed by atoms with Crippen LogP contribution in [0.4, 0.5) is 0 Å². The van der Waals surface area contributed by atoms with Gasteiger partial charge in [0, 0.05) is 18.0 Å². The zero-order valence-electron chi connectivity index (χ0n) is 18.5. The van der Waals surface area contributed by atoms with Crippen molar-refractivity contribution in [2.45, 2.75) is 84.5 Å². The van der Waals surface area contributed by atoms with E-state index in [1.807, 2.05) is 12.4 Å². The van der Waals surface area contributed by atoms with Crippen molar-refractivity contribution in [2.75, 3.05) is 0 Å². The van der Waals surface area contributed by atoms with Crippen LogP contribution >= 0.6 is 0 Å². The number of hydrogen-bond donors (Lipinski definition) is 0. The van der Waals surface area contributed by atoms with E-state index in [0.29, 0.717) is 0 Å². The number of nitrogens with zero attached hydrogens (tertiary/aromatic N) is 2. The van der Waals surface area contributed by atoms with Gasteiger partial charge >= 0.3 is 0 Å². The fourth-order valence-corrected chi connectivity index (χ4v) is 4.51. The van der Waals surface area contributed by atoms with Crippen LogP contribution in [0.5, 0.6) is 0 Å². The van der Waals surface area contributed by atoms with Gasteiger partial charge in [0.15, 0.2) is 5.82 Å². The Morgan fingerprint density at radius 3 is 2.07 bits per heavy atom.